The summed E-state index contributed by atoms with van der Waals surface area (Å²) < 4.78 is 13.6. The minimum Gasteiger partial charge on any atom is -0.305 e. The van der Waals surface area contributed by atoms with Crippen molar-refractivity contribution in [1.82, 2.24) is 5.32 Å². The molecule has 0 aliphatic heterocycles. The van der Waals surface area contributed by atoms with Crippen LogP contribution in [0.1, 0.15) is 15.9 Å². The molecule has 2 aromatic carbocycles. The van der Waals surface area contributed by atoms with E-state index in [2.05, 4.69) is 5.32 Å². The maximum atomic E-state index is 13.6. The quantitative estimate of drug-likeness (QED) is 0.790. The first kappa shape index (κ1) is 18.0. The van der Waals surface area contributed by atoms with Crippen LogP contribution in [0, 0.1) is 17.1 Å². The van der Waals surface area contributed by atoms with Gasteiger partial charge in [-0.15, -0.1) is 0 Å². The van der Waals surface area contributed by atoms with Crippen LogP contribution in [0.5, 0.6) is 0 Å². The maximum Gasteiger partial charge on any atom is 0.326 e. The predicted octanol–water partition coefficient (Wildman–Crippen LogP) is 4.62. The minimum atomic E-state index is -1.03. The first-order valence-corrected chi connectivity index (χ1v) is 7.42. The molecule has 0 radical (unpaired) electrons. The van der Waals surface area contributed by atoms with E-state index in [1.54, 1.807) is 0 Å². The molecule has 0 atom stereocenters. The summed E-state index contributed by atoms with van der Waals surface area (Å²) in [5.41, 5.74) is -0.265. The van der Waals surface area contributed by atoms with Crippen molar-refractivity contribution in [2.24, 2.45) is 0 Å². The predicted molar refractivity (Wildman–Crippen MR) is 89.1 cm³/mol. The molecule has 2 rings (SSSR count). The van der Waals surface area contributed by atoms with Crippen LogP contribution in [0.4, 0.5) is 14.9 Å². The standard InChI is InChI=1S/C15H7Cl3FN3O2/c16-8-2-1-3-11(19)12(8)14(23)22-15(24)21-13-9(17)4-7(6-20)5-10(13)18/h1-5H,(H2,21,22,23,24). The van der Waals surface area contributed by atoms with Crippen molar-refractivity contribution in [3.8, 4) is 6.07 Å². The summed E-state index contributed by atoms with van der Waals surface area (Å²) in [6, 6.07) is 7.11. The molecule has 0 saturated carbocycles. The SMILES string of the molecule is N#Cc1cc(Cl)c(NC(=O)NC(=O)c2c(F)cccc2Cl)c(Cl)c1. The van der Waals surface area contributed by atoms with Gasteiger partial charge in [-0.3, -0.25) is 10.1 Å². The molecule has 0 aliphatic rings. The molecule has 0 aromatic heterocycles. The van der Waals surface area contributed by atoms with Crippen molar-refractivity contribution in [3.63, 3.8) is 0 Å². The summed E-state index contributed by atoms with van der Waals surface area (Å²) in [7, 11) is 0. The Morgan fingerprint density at radius 1 is 1.08 bits per heavy atom. The summed E-state index contributed by atoms with van der Waals surface area (Å²) >= 11 is 17.6. The second-order valence-corrected chi connectivity index (χ2v) is 5.65. The number of urea groups is 1. The van der Waals surface area contributed by atoms with E-state index < -0.39 is 23.3 Å². The van der Waals surface area contributed by atoms with Gasteiger partial charge in [-0.25, -0.2) is 9.18 Å². The van der Waals surface area contributed by atoms with Gasteiger partial charge in [-0.05, 0) is 24.3 Å². The lowest BCUT2D eigenvalue weighted by Crippen LogP contribution is -2.35. The van der Waals surface area contributed by atoms with Gasteiger partial charge in [0.05, 0.1) is 38.0 Å². The Balaban J connectivity index is 2.18. The van der Waals surface area contributed by atoms with Crippen LogP contribution in [0.15, 0.2) is 30.3 Å². The fourth-order valence-electron chi connectivity index (χ4n) is 1.78. The summed E-state index contributed by atoms with van der Waals surface area (Å²) in [4.78, 5) is 23.8. The first-order valence-electron chi connectivity index (χ1n) is 6.29. The van der Waals surface area contributed by atoms with E-state index in [0.717, 1.165) is 6.07 Å². The molecule has 9 heteroatoms. The molecular formula is C15H7Cl3FN3O2. The van der Waals surface area contributed by atoms with E-state index in [4.69, 9.17) is 40.1 Å². The molecule has 122 valence electrons. The lowest BCUT2D eigenvalue weighted by atomic mass is 10.2. The molecular weight excluding hydrogens is 380 g/mol. The fourth-order valence-corrected chi connectivity index (χ4v) is 2.61. The third kappa shape index (κ3) is 3.95. The summed E-state index contributed by atoms with van der Waals surface area (Å²) in [6.07, 6.45) is 0. The van der Waals surface area contributed by atoms with Crippen molar-refractivity contribution in [3.05, 3.63) is 62.3 Å². The third-order valence-electron chi connectivity index (χ3n) is 2.83. The summed E-state index contributed by atoms with van der Waals surface area (Å²) in [5.74, 6) is -1.90. The Hall–Kier alpha value is -2.33. The van der Waals surface area contributed by atoms with Gasteiger partial charge in [0.2, 0.25) is 0 Å². The van der Waals surface area contributed by atoms with E-state index >= 15 is 0 Å². The van der Waals surface area contributed by atoms with Gasteiger partial charge in [-0.1, -0.05) is 40.9 Å². The van der Waals surface area contributed by atoms with Crippen molar-refractivity contribution in [1.29, 1.82) is 5.26 Å². The number of amides is 3. The molecule has 24 heavy (non-hydrogen) atoms. The van der Waals surface area contributed by atoms with Crippen LogP contribution in [0.2, 0.25) is 15.1 Å². The number of nitriles is 1. The van der Waals surface area contributed by atoms with E-state index in [1.807, 2.05) is 11.4 Å². The Labute approximate surface area is 150 Å². The van der Waals surface area contributed by atoms with Crippen LogP contribution in [0.3, 0.4) is 0 Å². The lowest BCUT2D eigenvalue weighted by Gasteiger charge is -2.11. The number of nitrogens with one attached hydrogen (secondary N) is 2. The molecule has 0 spiro atoms. The van der Waals surface area contributed by atoms with Gasteiger partial charge in [0, 0.05) is 0 Å². The number of halogens is 4. The van der Waals surface area contributed by atoms with Crippen LogP contribution in [-0.2, 0) is 0 Å². The molecule has 5 nitrogen and oxygen atoms in total. The van der Waals surface area contributed by atoms with Gasteiger partial charge >= 0.3 is 6.03 Å². The van der Waals surface area contributed by atoms with Gasteiger partial charge in [0.25, 0.3) is 5.91 Å². The minimum absolute atomic E-state index is 0.00210. The van der Waals surface area contributed by atoms with Crippen molar-refractivity contribution < 1.29 is 14.0 Å². The largest absolute Gasteiger partial charge is 0.326 e. The fraction of sp³-hybridized carbons (Fsp3) is 0. The smallest absolute Gasteiger partial charge is 0.305 e. The van der Waals surface area contributed by atoms with Crippen LogP contribution >= 0.6 is 34.8 Å². The average molecular weight is 387 g/mol. The molecule has 3 amide bonds. The maximum absolute atomic E-state index is 13.6. The number of benzene rings is 2. The monoisotopic (exact) mass is 385 g/mol. The zero-order valence-corrected chi connectivity index (χ0v) is 13.9. The highest BCUT2D eigenvalue weighted by atomic mass is 35.5. The van der Waals surface area contributed by atoms with Gasteiger partial charge in [0.1, 0.15) is 5.82 Å². The number of rotatable bonds is 2. The molecule has 0 heterocycles. The number of hydrogen-bond acceptors (Lipinski definition) is 3. The van der Waals surface area contributed by atoms with Crippen molar-refractivity contribution >= 4 is 52.4 Å². The number of anilines is 1. The Morgan fingerprint density at radius 2 is 1.71 bits per heavy atom. The molecule has 0 aliphatic carbocycles. The van der Waals surface area contributed by atoms with E-state index in [-0.39, 0.29) is 26.3 Å². The zero-order chi connectivity index (χ0) is 17.9. The average Bonchev–Trinajstić information content (AvgIpc) is 2.50. The van der Waals surface area contributed by atoms with Crippen LogP contribution in [0.25, 0.3) is 0 Å². The Morgan fingerprint density at radius 3 is 2.25 bits per heavy atom. The first-order chi connectivity index (χ1) is 11.3. The number of carbonyl (C=O) groups excluding carboxylic acids is 2. The van der Waals surface area contributed by atoms with Gasteiger partial charge in [0.15, 0.2) is 0 Å². The van der Waals surface area contributed by atoms with E-state index in [1.165, 1.54) is 24.3 Å². The Bertz CT molecular complexity index is 837. The molecule has 0 unspecified atom stereocenters. The van der Waals surface area contributed by atoms with Gasteiger partial charge < -0.3 is 5.32 Å². The number of carbonyl (C=O) groups is 2. The number of imide groups is 1. The highest BCUT2D eigenvalue weighted by Gasteiger charge is 2.19. The molecule has 2 aromatic rings. The summed E-state index contributed by atoms with van der Waals surface area (Å²) in [6.45, 7) is 0. The number of nitrogens with zero attached hydrogens (tertiary/aromatic N) is 1. The molecule has 0 saturated heterocycles. The molecule has 2 N–H and O–H groups in total. The summed E-state index contributed by atoms with van der Waals surface area (Å²) in [5, 5.41) is 12.8. The highest BCUT2D eigenvalue weighted by Crippen LogP contribution is 2.31. The Kier molecular flexibility index (Phi) is 5.62. The highest BCUT2D eigenvalue weighted by molar-refractivity contribution is 6.40. The van der Waals surface area contributed by atoms with Crippen molar-refractivity contribution in [2.75, 3.05) is 5.32 Å². The van der Waals surface area contributed by atoms with Crippen LogP contribution < -0.4 is 10.6 Å². The zero-order valence-electron chi connectivity index (χ0n) is 11.7. The van der Waals surface area contributed by atoms with E-state index in [9.17, 15) is 14.0 Å². The number of hydrogen-bond donors (Lipinski definition) is 2. The second-order valence-electron chi connectivity index (χ2n) is 4.43. The van der Waals surface area contributed by atoms with Gasteiger partial charge in [-0.2, -0.15) is 5.26 Å². The topological polar surface area (TPSA) is 82.0 Å². The molecule has 0 fully saturated rings. The molecule has 0 bridgehead atoms. The lowest BCUT2D eigenvalue weighted by molar-refractivity contribution is 0.0963. The van der Waals surface area contributed by atoms with Crippen LogP contribution in [-0.4, -0.2) is 11.9 Å². The normalized spacial score (nSPS) is 9.96. The third-order valence-corrected chi connectivity index (χ3v) is 3.74. The second kappa shape index (κ2) is 7.49. The van der Waals surface area contributed by atoms with Crippen molar-refractivity contribution in [2.45, 2.75) is 0 Å². The van der Waals surface area contributed by atoms with E-state index in [0.29, 0.717) is 0 Å².